The second-order valence-corrected chi connectivity index (χ2v) is 7.01. The number of ether oxygens (including phenoxy) is 1. The minimum atomic E-state index is -1.000. The number of amides is 1. The van der Waals surface area contributed by atoms with E-state index in [1.54, 1.807) is 48.5 Å². The van der Waals surface area contributed by atoms with Crippen LogP contribution in [-0.4, -0.2) is 22.3 Å². The molecule has 0 bridgehead atoms. The Morgan fingerprint density at radius 2 is 1.93 bits per heavy atom. The Labute approximate surface area is 171 Å². The predicted octanol–water partition coefficient (Wildman–Crippen LogP) is 5.10. The van der Waals surface area contributed by atoms with Gasteiger partial charge in [0.2, 0.25) is 0 Å². The van der Waals surface area contributed by atoms with E-state index in [9.17, 15) is 14.7 Å². The van der Waals surface area contributed by atoms with Gasteiger partial charge in [0.15, 0.2) is 0 Å². The quantitative estimate of drug-likeness (QED) is 0.277. The molecule has 2 aromatic rings. The zero-order valence-electron chi connectivity index (χ0n) is 14.5. The summed E-state index contributed by atoms with van der Waals surface area (Å²) in [7, 11) is 0. The lowest BCUT2D eigenvalue weighted by atomic mass is 10.0. The summed E-state index contributed by atoms with van der Waals surface area (Å²) in [6.07, 6.45) is 2.93. The topological polar surface area (TPSA) is 95.9 Å². The fraction of sp³-hybridized carbons (Fsp3) is 0.200. The maximum atomic E-state index is 12.3. The number of unbranched alkanes of at least 4 members (excludes halogenated alkanes) is 1. The van der Waals surface area contributed by atoms with Gasteiger partial charge in [0.05, 0.1) is 0 Å². The zero-order valence-corrected chi connectivity index (χ0v) is 16.6. The molecule has 0 spiro atoms. The van der Waals surface area contributed by atoms with E-state index < -0.39 is 18.2 Å². The molecule has 142 valence electrons. The van der Waals surface area contributed by atoms with E-state index in [0.29, 0.717) is 30.5 Å². The molecule has 0 saturated carbocycles. The van der Waals surface area contributed by atoms with Crippen LogP contribution in [0.2, 0.25) is 0 Å². The Morgan fingerprint density at radius 1 is 1.19 bits per heavy atom. The Kier molecular flexibility index (Phi) is 8.12. The molecule has 2 rings (SSSR count). The van der Waals surface area contributed by atoms with E-state index >= 15 is 0 Å². The number of rotatable bonds is 8. The van der Waals surface area contributed by atoms with Crippen molar-refractivity contribution in [3.63, 3.8) is 0 Å². The summed E-state index contributed by atoms with van der Waals surface area (Å²) in [6.45, 7) is 0. The van der Waals surface area contributed by atoms with Gasteiger partial charge in [0.25, 0.3) is 0 Å². The minimum absolute atomic E-state index is 0.0500. The van der Waals surface area contributed by atoms with E-state index in [4.69, 9.17) is 9.84 Å². The summed E-state index contributed by atoms with van der Waals surface area (Å²) in [6, 6.07) is 14.0. The zero-order chi connectivity index (χ0) is 19.6. The van der Waals surface area contributed by atoms with Gasteiger partial charge in [-0.25, -0.2) is 9.59 Å². The number of carbonyl (C=O) groups excluding carboxylic acids is 1. The minimum Gasteiger partial charge on any atom is -0.508 e. The third-order valence-electron chi connectivity index (χ3n) is 3.70. The average Bonchev–Trinajstić information content (AvgIpc) is 2.63. The average molecular weight is 481 g/mol. The number of hydrogen-bond donors (Lipinski definition) is 3. The van der Waals surface area contributed by atoms with Crippen LogP contribution < -0.4 is 5.32 Å². The van der Waals surface area contributed by atoms with Crippen molar-refractivity contribution in [3.05, 3.63) is 69.8 Å². The standard InChI is InChI=1S/C20H20INO5/c21-14-11-12-17(23)16(13-14)18(9-5-2-6-10-19(24)25)27-20(26)22-15-7-3-1-4-8-15/h1,3-4,6-8,10-13,18,23H,2,5,9H2,(H,22,26)(H,24,25)/b10-6+/t18-/m0/s1. The highest BCUT2D eigenvalue weighted by atomic mass is 127. The molecule has 6 nitrogen and oxygen atoms in total. The molecule has 0 saturated heterocycles. The molecule has 7 heteroatoms. The SMILES string of the molecule is O=C(O)/C=C/CCC[C@H](OC(=O)Nc1ccccc1)c1cc(I)ccc1O. The van der Waals surface area contributed by atoms with Crippen LogP contribution in [0.15, 0.2) is 60.7 Å². The van der Waals surface area contributed by atoms with Crippen LogP contribution in [0.25, 0.3) is 0 Å². The number of halogens is 1. The molecule has 0 radical (unpaired) electrons. The monoisotopic (exact) mass is 481 g/mol. The number of phenols is 1. The maximum Gasteiger partial charge on any atom is 0.412 e. The van der Waals surface area contributed by atoms with Crippen LogP contribution in [0.1, 0.15) is 30.9 Å². The third-order valence-corrected chi connectivity index (χ3v) is 4.37. The van der Waals surface area contributed by atoms with Crippen LogP contribution in [-0.2, 0) is 9.53 Å². The molecule has 0 aliphatic heterocycles. The van der Waals surface area contributed by atoms with Gasteiger partial charge in [0, 0.05) is 20.9 Å². The van der Waals surface area contributed by atoms with Gasteiger partial charge in [0.1, 0.15) is 11.9 Å². The first-order chi connectivity index (χ1) is 13.0. The first-order valence-electron chi connectivity index (χ1n) is 8.36. The molecule has 3 N–H and O–H groups in total. The fourth-order valence-electron chi connectivity index (χ4n) is 2.46. The number of carboxylic acids is 1. The summed E-state index contributed by atoms with van der Waals surface area (Å²) in [4.78, 5) is 22.8. The Balaban J connectivity index is 2.07. The lowest BCUT2D eigenvalue weighted by Gasteiger charge is -2.20. The molecule has 0 aromatic heterocycles. The summed E-state index contributed by atoms with van der Waals surface area (Å²) < 4.78 is 6.46. The number of nitrogens with one attached hydrogen (secondary N) is 1. The normalized spacial score (nSPS) is 11.9. The second-order valence-electron chi connectivity index (χ2n) is 5.76. The van der Waals surface area contributed by atoms with Gasteiger partial charge in [-0.2, -0.15) is 0 Å². The van der Waals surface area contributed by atoms with E-state index in [2.05, 4.69) is 27.9 Å². The van der Waals surface area contributed by atoms with Crippen LogP contribution in [0, 0.1) is 3.57 Å². The van der Waals surface area contributed by atoms with Gasteiger partial charge < -0.3 is 14.9 Å². The molecule has 0 unspecified atom stereocenters. The molecule has 0 aliphatic rings. The lowest BCUT2D eigenvalue weighted by Crippen LogP contribution is -2.18. The van der Waals surface area contributed by atoms with Gasteiger partial charge >= 0.3 is 12.1 Å². The number of benzene rings is 2. The molecule has 27 heavy (non-hydrogen) atoms. The number of aliphatic carboxylic acids is 1. The van der Waals surface area contributed by atoms with Gasteiger partial charge in [-0.05, 0) is 72.2 Å². The Morgan fingerprint density at radius 3 is 2.63 bits per heavy atom. The highest BCUT2D eigenvalue weighted by Gasteiger charge is 2.20. The van der Waals surface area contributed by atoms with Crippen LogP contribution >= 0.6 is 22.6 Å². The van der Waals surface area contributed by atoms with Crippen molar-refractivity contribution in [2.75, 3.05) is 5.32 Å². The summed E-state index contributed by atoms with van der Waals surface area (Å²) >= 11 is 2.12. The molecular formula is C20H20INO5. The van der Waals surface area contributed by atoms with Crippen molar-refractivity contribution in [3.8, 4) is 5.75 Å². The number of aromatic hydroxyl groups is 1. The number of anilines is 1. The molecule has 1 atom stereocenters. The molecule has 0 heterocycles. The van der Waals surface area contributed by atoms with E-state index in [1.165, 1.54) is 0 Å². The number of hydrogen-bond acceptors (Lipinski definition) is 4. The van der Waals surface area contributed by atoms with Gasteiger partial charge in [-0.3, -0.25) is 5.32 Å². The summed E-state index contributed by atoms with van der Waals surface area (Å²) in [5, 5.41) is 21.5. The first-order valence-corrected chi connectivity index (χ1v) is 9.44. The van der Waals surface area contributed by atoms with Crippen LogP contribution in [0.5, 0.6) is 5.75 Å². The summed E-state index contributed by atoms with van der Waals surface area (Å²) in [5.41, 5.74) is 1.13. The van der Waals surface area contributed by atoms with Crippen molar-refractivity contribution in [1.82, 2.24) is 0 Å². The number of allylic oxidation sites excluding steroid dienone is 1. The number of phenolic OH excluding ortho intramolecular Hbond substituents is 1. The maximum absolute atomic E-state index is 12.3. The predicted molar refractivity (Wildman–Crippen MR) is 111 cm³/mol. The molecule has 2 aromatic carbocycles. The Hall–Kier alpha value is -2.55. The second kappa shape index (κ2) is 10.6. The van der Waals surface area contributed by atoms with E-state index in [-0.39, 0.29) is 5.75 Å². The van der Waals surface area contributed by atoms with Crippen molar-refractivity contribution >= 4 is 40.3 Å². The number of carboxylic acid groups (broad SMARTS) is 1. The smallest absolute Gasteiger partial charge is 0.412 e. The molecule has 1 amide bonds. The van der Waals surface area contributed by atoms with Crippen molar-refractivity contribution in [2.24, 2.45) is 0 Å². The fourth-order valence-corrected chi connectivity index (χ4v) is 2.98. The lowest BCUT2D eigenvalue weighted by molar-refractivity contribution is -0.131. The molecule has 0 aliphatic carbocycles. The summed E-state index contributed by atoms with van der Waals surface area (Å²) in [5.74, 6) is -0.950. The Bertz CT molecular complexity index is 807. The highest BCUT2D eigenvalue weighted by Crippen LogP contribution is 2.32. The first kappa shape index (κ1) is 20.8. The van der Waals surface area contributed by atoms with Crippen molar-refractivity contribution in [2.45, 2.75) is 25.4 Å². The van der Waals surface area contributed by atoms with Gasteiger partial charge in [-0.15, -0.1) is 0 Å². The third kappa shape index (κ3) is 7.30. The van der Waals surface area contributed by atoms with E-state index in [0.717, 1.165) is 9.65 Å². The van der Waals surface area contributed by atoms with Crippen molar-refractivity contribution in [1.29, 1.82) is 0 Å². The largest absolute Gasteiger partial charge is 0.508 e. The van der Waals surface area contributed by atoms with Crippen LogP contribution in [0.3, 0.4) is 0 Å². The number of para-hydroxylation sites is 1. The van der Waals surface area contributed by atoms with Crippen molar-refractivity contribution < 1.29 is 24.5 Å². The number of carbonyl (C=O) groups is 2. The van der Waals surface area contributed by atoms with Crippen LogP contribution in [0.4, 0.5) is 10.5 Å². The molecule has 0 fully saturated rings. The highest BCUT2D eigenvalue weighted by molar-refractivity contribution is 14.1. The van der Waals surface area contributed by atoms with Gasteiger partial charge in [-0.1, -0.05) is 24.3 Å². The molecular weight excluding hydrogens is 461 g/mol. The van der Waals surface area contributed by atoms with E-state index in [1.807, 2.05) is 6.07 Å².